The maximum atomic E-state index is 13.2. The molecule has 0 aromatic carbocycles. The first-order valence-electron chi connectivity index (χ1n) is 10.7. The van der Waals surface area contributed by atoms with Crippen LogP contribution in [-0.4, -0.2) is 83.5 Å². The Morgan fingerprint density at radius 1 is 0.968 bits per heavy atom. The number of rotatable bonds is 4. The van der Waals surface area contributed by atoms with E-state index < -0.39 is 10.2 Å². The highest BCUT2D eigenvalue weighted by Crippen LogP contribution is 2.26. The van der Waals surface area contributed by atoms with Gasteiger partial charge in [0.05, 0.1) is 12.2 Å². The molecule has 2 unspecified atom stereocenters. The van der Waals surface area contributed by atoms with Crippen LogP contribution >= 0.6 is 0 Å². The van der Waals surface area contributed by atoms with Crippen molar-refractivity contribution in [2.45, 2.75) is 39.9 Å². The Morgan fingerprint density at radius 2 is 1.65 bits per heavy atom. The number of nitrogens with zero attached hydrogens (tertiary/aromatic N) is 6. The SMILES string of the molecule is Cc1nc(-c2ccccn2)nc(N2CCN(S(=O)(=O)N3CC(C)OC(C)C3)CC2)c1C. The van der Waals surface area contributed by atoms with Crippen LogP contribution < -0.4 is 4.90 Å². The fourth-order valence-corrected chi connectivity index (χ4v) is 5.89. The number of morpholine rings is 1. The summed E-state index contributed by atoms with van der Waals surface area (Å²) in [5, 5.41) is 0. The molecule has 2 aromatic heterocycles. The van der Waals surface area contributed by atoms with Crippen molar-refractivity contribution in [1.82, 2.24) is 23.6 Å². The maximum Gasteiger partial charge on any atom is 0.282 e. The van der Waals surface area contributed by atoms with E-state index in [1.807, 2.05) is 45.9 Å². The number of pyridine rings is 1. The summed E-state index contributed by atoms with van der Waals surface area (Å²) in [5.74, 6) is 1.43. The third kappa shape index (κ3) is 4.57. The highest BCUT2D eigenvalue weighted by atomic mass is 32.2. The van der Waals surface area contributed by atoms with Crippen LogP contribution in [0.3, 0.4) is 0 Å². The number of ether oxygens (including phenoxy) is 1. The second kappa shape index (κ2) is 8.78. The summed E-state index contributed by atoms with van der Waals surface area (Å²) in [6.07, 6.45) is 1.53. The molecular weight excluding hydrogens is 416 g/mol. The number of piperazine rings is 1. The van der Waals surface area contributed by atoms with Gasteiger partial charge >= 0.3 is 0 Å². The number of anilines is 1. The van der Waals surface area contributed by atoms with Crippen LogP contribution in [0.4, 0.5) is 5.82 Å². The molecule has 0 radical (unpaired) electrons. The minimum atomic E-state index is -3.51. The molecule has 4 rings (SSSR count). The van der Waals surface area contributed by atoms with E-state index in [2.05, 4.69) is 14.9 Å². The molecule has 31 heavy (non-hydrogen) atoms. The topological polar surface area (TPSA) is 91.8 Å². The third-order valence-electron chi connectivity index (χ3n) is 5.83. The van der Waals surface area contributed by atoms with Gasteiger partial charge in [0.1, 0.15) is 11.5 Å². The first kappa shape index (κ1) is 22.1. The molecule has 0 bridgehead atoms. The van der Waals surface area contributed by atoms with Crippen LogP contribution in [0.25, 0.3) is 11.5 Å². The van der Waals surface area contributed by atoms with Gasteiger partial charge in [-0.3, -0.25) is 4.98 Å². The van der Waals surface area contributed by atoms with Gasteiger partial charge in [-0.15, -0.1) is 0 Å². The molecule has 0 N–H and O–H groups in total. The van der Waals surface area contributed by atoms with Gasteiger partial charge in [0.2, 0.25) is 0 Å². The van der Waals surface area contributed by atoms with Gasteiger partial charge in [0, 0.05) is 56.7 Å². The highest BCUT2D eigenvalue weighted by Gasteiger charge is 2.37. The maximum absolute atomic E-state index is 13.2. The zero-order valence-electron chi connectivity index (χ0n) is 18.5. The largest absolute Gasteiger partial charge is 0.373 e. The van der Waals surface area contributed by atoms with Crippen LogP contribution in [0.2, 0.25) is 0 Å². The zero-order valence-corrected chi connectivity index (χ0v) is 19.3. The Bertz CT molecular complexity index is 1010. The van der Waals surface area contributed by atoms with Crippen LogP contribution in [0, 0.1) is 13.8 Å². The second-order valence-electron chi connectivity index (χ2n) is 8.26. The van der Waals surface area contributed by atoms with Crippen molar-refractivity contribution in [2.24, 2.45) is 0 Å². The standard InChI is InChI=1S/C21H30N6O3S/c1-15-13-27(14-16(2)30-15)31(28,29)26-11-9-25(10-12-26)21-17(3)18(4)23-20(24-21)19-7-5-6-8-22-19/h5-8,15-16H,9-14H2,1-4H3. The number of hydrogen-bond acceptors (Lipinski definition) is 7. The average Bonchev–Trinajstić information content (AvgIpc) is 2.75. The summed E-state index contributed by atoms with van der Waals surface area (Å²) in [7, 11) is -3.51. The lowest BCUT2D eigenvalue weighted by Crippen LogP contribution is -2.57. The quantitative estimate of drug-likeness (QED) is 0.705. The first-order valence-corrected chi connectivity index (χ1v) is 12.1. The fourth-order valence-electron chi connectivity index (χ4n) is 4.14. The molecule has 0 aliphatic carbocycles. The molecule has 10 heteroatoms. The van der Waals surface area contributed by atoms with E-state index in [1.165, 1.54) is 0 Å². The Kier molecular flexibility index (Phi) is 6.25. The molecule has 2 aliphatic heterocycles. The number of hydrogen-bond donors (Lipinski definition) is 0. The third-order valence-corrected chi connectivity index (χ3v) is 7.80. The monoisotopic (exact) mass is 446 g/mol. The average molecular weight is 447 g/mol. The molecule has 2 fully saturated rings. The molecule has 168 valence electrons. The van der Waals surface area contributed by atoms with E-state index in [0.29, 0.717) is 45.1 Å². The van der Waals surface area contributed by atoms with E-state index in [-0.39, 0.29) is 12.2 Å². The van der Waals surface area contributed by atoms with Crippen molar-refractivity contribution in [2.75, 3.05) is 44.2 Å². The summed E-state index contributed by atoms with van der Waals surface area (Å²) in [5.41, 5.74) is 2.63. The summed E-state index contributed by atoms with van der Waals surface area (Å²) in [4.78, 5) is 15.9. The smallest absolute Gasteiger partial charge is 0.282 e. The van der Waals surface area contributed by atoms with E-state index in [9.17, 15) is 8.42 Å². The lowest BCUT2D eigenvalue weighted by atomic mass is 10.2. The molecule has 9 nitrogen and oxygen atoms in total. The van der Waals surface area contributed by atoms with Crippen LogP contribution in [0.1, 0.15) is 25.1 Å². The first-order chi connectivity index (χ1) is 14.8. The predicted octanol–water partition coefficient (Wildman–Crippen LogP) is 1.63. The minimum absolute atomic E-state index is 0.100. The lowest BCUT2D eigenvalue weighted by molar-refractivity contribution is -0.0455. The molecule has 2 saturated heterocycles. The van der Waals surface area contributed by atoms with Crippen molar-refractivity contribution in [3.05, 3.63) is 35.7 Å². The Balaban J connectivity index is 1.51. The Morgan fingerprint density at radius 3 is 2.26 bits per heavy atom. The van der Waals surface area contributed by atoms with E-state index >= 15 is 0 Å². The van der Waals surface area contributed by atoms with Gasteiger partial charge in [-0.1, -0.05) is 6.07 Å². The number of aromatic nitrogens is 3. The summed E-state index contributed by atoms with van der Waals surface area (Å²) < 4.78 is 35.2. The highest BCUT2D eigenvalue weighted by molar-refractivity contribution is 7.86. The Hall–Kier alpha value is -2.14. The van der Waals surface area contributed by atoms with Crippen molar-refractivity contribution in [3.63, 3.8) is 0 Å². The lowest BCUT2D eigenvalue weighted by Gasteiger charge is -2.40. The van der Waals surface area contributed by atoms with Gasteiger partial charge < -0.3 is 9.64 Å². The zero-order chi connectivity index (χ0) is 22.2. The summed E-state index contributed by atoms with van der Waals surface area (Å²) in [6.45, 7) is 10.6. The van der Waals surface area contributed by atoms with Gasteiger partial charge in [-0.25, -0.2) is 9.97 Å². The fraction of sp³-hybridized carbons (Fsp3) is 0.571. The summed E-state index contributed by atoms with van der Waals surface area (Å²) >= 11 is 0. The molecule has 4 heterocycles. The van der Waals surface area contributed by atoms with Gasteiger partial charge in [-0.2, -0.15) is 17.0 Å². The van der Waals surface area contributed by atoms with Gasteiger partial charge in [-0.05, 0) is 39.8 Å². The van der Waals surface area contributed by atoms with Crippen molar-refractivity contribution < 1.29 is 13.2 Å². The molecule has 0 saturated carbocycles. The number of aryl methyl sites for hydroxylation is 1. The summed E-state index contributed by atoms with van der Waals surface area (Å²) in [6, 6.07) is 5.67. The van der Waals surface area contributed by atoms with Crippen LogP contribution in [0.5, 0.6) is 0 Å². The van der Waals surface area contributed by atoms with Crippen molar-refractivity contribution in [1.29, 1.82) is 0 Å². The van der Waals surface area contributed by atoms with E-state index in [0.717, 1.165) is 22.8 Å². The molecule has 2 atom stereocenters. The Labute approximate surface area is 184 Å². The molecular formula is C21H30N6O3S. The van der Waals surface area contributed by atoms with Crippen LogP contribution in [0.15, 0.2) is 24.4 Å². The molecule has 2 aromatic rings. The van der Waals surface area contributed by atoms with Gasteiger partial charge in [0.15, 0.2) is 5.82 Å². The van der Waals surface area contributed by atoms with Crippen LogP contribution in [-0.2, 0) is 14.9 Å². The molecule has 2 aliphatic rings. The molecule has 0 spiro atoms. The van der Waals surface area contributed by atoms with E-state index in [4.69, 9.17) is 9.72 Å². The molecule has 0 amide bonds. The predicted molar refractivity (Wildman–Crippen MR) is 119 cm³/mol. The minimum Gasteiger partial charge on any atom is -0.373 e. The normalized spacial score (nSPS) is 23.8. The van der Waals surface area contributed by atoms with E-state index in [1.54, 1.807) is 14.8 Å². The van der Waals surface area contributed by atoms with Crippen molar-refractivity contribution >= 4 is 16.0 Å². The van der Waals surface area contributed by atoms with Crippen molar-refractivity contribution in [3.8, 4) is 11.5 Å². The second-order valence-corrected chi connectivity index (χ2v) is 10.2. The van der Waals surface area contributed by atoms with Gasteiger partial charge in [0.25, 0.3) is 10.2 Å².